The van der Waals surface area contributed by atoms with Gasteiger partial charge in [0.1, 0.15) is 12.4 Å². The SMILES string of the molecule is CCOCCOC(=O)C1=C(C)NC2=C(C(=O)CC(C)(C)C2)[C@H]1c1ccc(OC)c(Br)c1. The van der Waals surface area contributed by atoms with E-state index in [2.05, 4.69) is 35.1 Å². The lowest BCUT2D eigenvalue weighted by Crippen LogP contribution is -2.38. The van der Waals surface area contributed by atoms with Crippen molar-refractivity contribution in [3.63, 3.8) is 0 Å². The highest BCUT2D eigenvalue weighted by Crippen LogP contribution is 2.47. The Morgan fingerprint density at radius 3 is 2.65 bits per heavy atom. The normalized spacial score (nSPS) is 20.3. The van der Waals surface area contributed by atoms with E-state index in [-0.39, 0.29) is 17.8 Å². The van der Waals surface area contributed by atoms with Gasteiger partial charge in [0.05, 0.1) is 23.8 Å². The van der Waals surface area contributed by atoms with Crippen LogP contribution in [0.2, 0.25) is 0 Å². The Kier molecular flexibility index (Phi) is 7.27. The quantitative estimate of drug-likeness (QED) is 0.442. The zero-order chi connectivity index (χ0) is 22.8. The molecule has 0 fully saturated rings. The number of esters is 1. The topological polar surface area (TPSA) is 73.9 Å². The van der Waals surface area contributed by atoms with Gasteiger partial charge < -0.3 is 19.5 Å². The molecule has 3 rings (SSSR count). The summed E-state index contributed by atoms with van der Waals surface area (Å²) in [5.41, 5.74) is 3.41. The number of methoxy groups -OCH3 is 1. The summed E-state index contributed by atoms with van der Waals surface area (Å²) in [6, 6.07) is 5.65. The van der Waals surface area contributed by atoms with Crippen LogP contribution in [0.1, 0.15) is 52.0 Å². The van der Waals surface area contributed by atoms with Crippen molar-refractivity contribution in [1.82, 2.24) is 5.32 Å². The molecule has 1 aliphatic heterocycles. The molecule has 1 N–H and O–H groups in total. The molecule has 31 heavy (non-hydrogen) atoms. The van der Waals surface area contributed by atoms with Crippen molar-refractivity contribution in [2.45, 2.75) is 46.5 Å². The van der Waals surface area contributed by atoms with Crippen molar-refractivity contribution in [2.24, 2.45) is 5.41 Å². The summed E-state index contributed by atoms with van der Waals surface area (Å²) in [7, 11) is 1.60. The minimum Gasteiger partial charge on any atom is -0.496 e. The van der Waals surface area contributed by atoms with Crippen LogP contribution in [0.15, 0.2) is 45.2 Å². The average molecular weight is 492 g/mol. The first-order valence-electron chi connectivity index (χ1n) is 10.5. The van der Waals surface area contributed by atoms with Crippen LogP contribution in [0.4, 0.5) is 0 Å². The highest BCUT2D eigenvalue weighted by molar-refractivity contribution is 9.10. The summed E-state index contributed by atoms with van der Waals surface area (Å²) < 4.78 is 16.9. The van der Waals surface area contributed by atoms with Crippen LogP contribution >= 0.6 is 15.9 Å². The number of ketones is 1. The fourth-order valence-corrected chi connectivity index (χ4v) is 4.88. The van der Waals surface area contributed by atoms with E-state index in [9.17, 15) is 9.59 Å². The van der Waals surface area contributed by atoms with E-state index in [0.717, 1.165) is 22.2 Å². The van der Waals surface area contributed by atoms with Gasteiger partial charge in [0.15, 0.2) is 5.78 Å². The lowest BCUT2D eigenvalue weighted by atomic mass is 9.68. The molecule has 6 nitrogen and oxygen atoms in total. The Bertz CT molecular complexity index is 947. The Morgan fingerprint density at radius 1 is 1.26 bits per heavy atom. The van der Waals surface area contributed by atoms with Crippen LogP contribution in [-0.4, -0.2) is 38.7 Å². The molecule has 0 amide bonds. The van der Waals surface area contributed by atoms with Gasteiger partial charge in [-0.3, -0.25) is 4.79 Å². The number of carbonyl (C=O) groups is 2. The van der Waals surface area contributed by atoms with E-state index < -0.39 is 11.9 Å². The number of nitrogens with one attached hydrogen (secondary N) is 1. The van der Waals surface area contributed by atoms with Gasteiger partial charge in [-0.15, -0.1) is 0 Å². The molecular weight excluding hydrogens is 462 g/mol. The largest absolute Gasteiger partial charge is 0.496 e. The van der Waals surface area contributed by atoms with Gasteiger partial charge >= 0.3 is 5.97 Å². The predicted octanol–water partition coefficient (Wildman–Crippen LogP) is 4.64. The van der Waals surface area contributed by atoms with Gasteiger partial charge in [0, 0.05) is 35.9 Å². The number of benzene rings is 1. The molecule has 1 aliphatic carbocycles. The van der Waals surface area contributed by atoms with Gasteiger partial charge in [-0.2, -0.15) is 0 Å². The number of hydrogen-bond donors (Lipinski definition) is 1. The molecule has 0 saturated heterocycles. The number of ether oxygens (including phenoxy) is 3. The van der Waals surface area contributed by atoms with Crippen molar-refractivity contribution in [3.8, 4) is 5.75 Å². The molecule has 1 atom stereocenters. The van der Waals surface area contributed by atoms with Gasteiger partial charge in [0.2, 0.25) is 0 Å². The lowest BCUT2D eigenvalue weighted by Gasteiger charge is -2.39. The molecule has 0 spiro atoms. The Labute approximate surface area is 192 Å². The van der Waals surface area contributed by atoms with Gasteiger partial charge in [-0.1, -0.05) is 19.9 Å². The van der Waals surface area contributed by atoms with Crippen molar-refractivity contribution in [1.29, 1.82) is 0 Å². The molecular formula is C24H30BrNO5. The third-order valence-electron chi connectivity index (χ3n) is 5.63. The zero-order valence-corrected chi connectivity index (χ0v) is 20.4. The second-order valence-corrected chi connectivity index (χ2v) is 9.51. The minimum absolute atomic E-state index is 0.0582. The maximum absolute atomic E-state index is 13.3. The fraction of sp³-hybridized carbons (Fsp3) is 0.500. The second kappa shape index (κ2) is 9.57. The number of allylic oxidation sites excluding steroid dienone is 3. The summed E-state index contributed by atoms with van der Waals surface area (Å²) >= 11 is 3.54. The third-order valence-corrected chi connectivity index (χ3v) is 6.25. The van der Waals surface area contributed by atoms with Crippen LogP contribution in [-0.2, 0) is 19.1 Å². The van der Waals surface area contributed by atoms with E-state index in [1.807, 2.05) is 32.0 Å². The van der Waals surface area contributed by atoms with Crippen molar-refractivity contribution < 1.29 is 23.8 Å². The predicted molar refractivity (Wildman–Crippen MR) is 122 cm³/mol. The molecule has 1 aromatic carbocycles. The van der Waals surface area contributed by atoms with Crippen LogP contribution in [0, 0.1) is 5.41 Å². The van der Waals surface area contributed by atoms with E-state index in [4.69, 9.17) is 14.2 Å². The smallest absolute Gasteiger partial charge is 0.336 e. The number of hydrogen-bond acceptors (Lipinski definition) is 6. The molecule has 7 heteroatoms. The summed E-state index contributed by atoms with van der Waals surface area (Å²) in [4.78, 5) is 26.4. The first kappa shape index (κ1) is 23.5. The van der Waals surface area contributed by atoms with Crippen molar-refractivity contribution in [2.75, 3.05) is 26.9 Å². The number of Topliss-reactive ketones (excluding diaryl/α,β-unsaturated/α-hetero) is 1. The van der Waals surface area contributed by atoms with Crippen LogP contribution in [0.5, 0.6) is 5.75 Å². The van der Waals surface area contributed by atoms with Gasteiger partial charge in [-0.25, -0.2) is 4.79 Å². The maximum atomic E-state index is 13.3. The molecule has 0 saturated carbocycles. The molecule has 1 heterocycles. The Hall–Kier alpha value is -2.12. The lowest BCUT2D eigenvalue weighted by molar-refractivity contribution is -0.140. The third kappa shape index (κ3) is 5.04. The van der Waals surface area contributed by atoms with E-state index in [1.165, 1.54) is 0 Å². The highest BCUT2D eigenvalue weighted by Gasteiger charge is 2.43. The molecule has 0 bridgehead atoms. The summed E-state index contributed by atoms with van der Waals surface area (Å²) in [6.07, 6.45) is 1.18. The number of halogens is 1. The molecule has 0 unspecified atom stereocenters. The second-order valence-electron chi connectivity index (χ2n) is 8.66. The highest BCUT2D eigenvalue weighted by atomic mass is 79.9. The van der Waals surface area contributed by atoms with Crippen molar-refractivity contribution >= 4 is 27.7 Å². The Balaban J connectivity index is 2.06. The van der Waals surface area contributed by atoms with Gasteiger partial charge in [-0.05, 0) is 59.3 Å². The number of dihydropyridines is 1. The summed E-state index contributed by atoms with van der Waals surface area (Å²) in [5, 5.41) is 3.34. The molecule has 2 aliphatic rings. The van der Waals surface area contributed by atoms with Crippen LogP contribution < -0.4 is 10.1 Å². The van der Waals surface area contributed by atoms with E-state index >= 15 is 0 Å². The van der Waals surface area contributed by atoms with E-state index in [0.29, 0.717) is 42.2 Å². The first-order valence-corrected chi connectivity index (χ1v) is 11.3. The molecule has 168 valence electrons. The zero-order valence-electron chi connectivity index (χ0n) is 18.8. The molecule has 1 aromatic rings. The maximum Gasteiger partial charge on any atom is 0.336 e. The number of rotatable bonds is 7. The Morgan fingerprint density at radius 2 is 2.00 bits per heavy atom. The summed E-state index contributed by atoms with van der Waals surface area (Å²) in [6.45, 7) is 8.99. The van der Waals surface area contributed by atoms with Crippen LogP contribution in [0.3, 0.4) is 0 Å². The van der Waals surface area contributed by atoms with E-state index in [1.54, 1.807) is 7.11 Å². The van der Waals surface area contributed by atoms with Crippen LogP contribution in [0.25, 0.3) is 0 Å². The number of carbonyl (C=O) groups excluding carboxylic acids is 2. The summed E-state index contributed by atoms with van der Waals surface area (Å²) in [5.74, 6) is -0.195. The van der Waals surface area contributed by atoms with Gasteiger partial charge in [0.25, 0.3) is 0 Å². The standard InChI is InChI=1S/C24H30BrNO5/c1-6-30-9-10-31-23(28)20-14(2)26-17-12-24(3,4)13-18(27)22(17)21(20)15-7-8-19(29-5)16(25)11-15/h7-8,11,21,26H,6,9-10,12-13H2,1-5H3/t21-/m0/s1. The molecule has 0 radical (unpaired) electrons. The van der Waals surface area contributed by atoms with Crippen molar-refractivity contribution in [3.05, 3.63) is 50.8 Å². The first-order chi connectivity index (χ1) is 14.7. The minimum atomic E-state index is -0.498. The fourth-order valence-electron chi connectivity index (χ4n) is 4.32. The molecule has 0 aromatic heterocycles. The monoisotopic (exact) mass is 491 g/mol. The average Bonchev–Trinajstić information content (AvgIpc) is 2.69.